The Balaban J connectivity index is 2.24. The van der Waals surface area contributed by atoms with E-state index in [-0.39, 0.29) is 5.84 Å². The predicted octanol–water partition coefficient (Wildman–Crippen LogP) is 2.46. The molecule has 6 heteroatoms. The van der Waals surface area contributed by atoms with E-state index in [0.29, 0.717) is 6.04 Å². The minimum Gasteiger partial charge on any atom is -0.409 e. The molecule has 1 fully saturated rings. The molecule has 0 saturated carbocycles. The lowest BCUT2D eigenvalue weighted by atomic mass is 10.0. The summed E-state index contributed by atoms with van der Waals surface area (Å²) in [6, 6.07) is 6.38. The van der Waals surface area contributed by atoms with E-state index < -0.39 is 0 Å². The number of likely N-dealkylation sites (tertiary alicyclic amines) is 1. The van der Waals surface area contributed by atoms with Gasteiger partial charge in [-0.05, 0) is 47.4 Å². The molecule has 0 spiro atoms. The molecule has 0 aromatic heterocycles. The number of amidine groups is 1. The van der Waals surface area contributed by atoms with Gasteiger partial charge >= 0.3 is 0 Å². The highest BCUT2D eigenvalue weighted by atomic mass is 79.9. The second kappa shape index (κ2) is 7.13. The van der Waals surface area contributed by atoms with Crippen LogP contribution in [0.4, 0.5) is 5.69 Å². The van der Waals surface area contributed by atoms with Crippen molar-refractivity contribution in [2.45, 2.75) is 25.8 Å². The summed E-state index contributed by atoms with van der Waals surface area (Å²) < 4.78 is 0.841. The smallest absolute Gasteiger partial charge is 0.173 e. The van der Waals surface area contributed by atoms with Crippen molar-refractivity contribution in [1.29, 1.82) is 0 Å². The Morgan fingerprint density at radius 1 is 1.48 bits per heavy atom. The van der Waals surface area contributed by atoms with Gasteiger partial charge in [0, 0.05) is 36.3 Å². The summed E-state index contributed by atoms with van der Waals surface area (Å²) in [6.45, 7) is 5.56. The van der Waals surface area contributed by atoms with E-state index in [9.17, 15) is 0 Å². The van der Waals surface area contributed by atoms with Gasteiger partial charge in [0.25, 0.3) is 0 Å². The third-order valence-electron chi connectivity index (χ3n) is 4.29. The van der Waals surface area contributed by atoms with Crippen LogP contribution in [0.25, 0.3) is 0 Å². The number of hydrogen-bond acceptors (Lipinski definition) is 4. The summed E-state index contributed by atoms with van der Waals surface area (Å²) in [6.07, 6.45) is 2.26. The molecule has 1 aromatic carbocycles. The van der Waals surface area contributed by atoms with Crippen LogP contribution < -0.4 is 10.6 Å². The lowest BCUT2D eigenvalue weighted by Crippen LogP contribution is -2.43. The Kier molecular flexibility index (Phi) is 5.47. The minimum atomic E-state index is 0.135. The zero-order valence-corrected chi connectivity index (χ0v) is 14.2. The van der Waals surface area contributed by atoms with Crippen LogP contribution in [0.5, 0.6) is 0 Å². The highest BCUT2D eigenvalue weighted by molar-refractivity contribution is 9.10. The Labute approximate surface area is 134 Å². The molecule has 5 nitrogen and oxygen atoms in total. The molecule has 0 unspecified atom stereocenters. The van der Waals surface area contributed by atoms with Crippen LogP contribution in [-0.4, -0.2) is 48.7 Å². The van der Waals surface area contributed by atoms with E-state index >= 15 is 0 Å². The fourth-order valence-corrected chi connectivity index (χ4v) is 3.49. The fraction of sp³-hybridized carbons (Fsp3) is 0.533. The summed E-state index contributed by atoms with van der Waals surface area (Å²) >= 11 is 3.49. The number of rotatable bonds is 4. The molecule has 1 aliphatic rings. The van der Waals surface area contributed by atoms with E-state index in [1.165, 1.54) is 0 Å². The summed E-state index contributed by atoms with van der Waals surface area (Å²) in [7, 11) is 2.09. The van der Waals surface area contributed by atoms with Crippen molar-refractivity contribution in [3.63, 3.8) is 0 Å². The Morgan fingerprint density at radius 2 is 2.14 bits per heavy atom. The van der Waals surface area contributed by atoms with Gasteiger partial charge in [-0.1, -0.05) is 18.1 Å². The van der Waals surface area contributed by atoms with Gasteiger partial charge in [-0.3, -0.25) is 0 Å². The van der Waals surface area contributed by atoms with Gasteiger partial charge in [0.2, 0.25) is 0 Å². The molecule has 1 aliphatic heterocycles. The zero-order valence-electron chi connectivity index (χ0n) is 12.6. The second-order valence-corrected chi connectivity index (χ2v) is 6.25. The van der Waals surface area contributed by atoms with Gasteiger partial charge < -0.3 is 20.7 Å². The number of nitrogens with zero attached hydrogens (tertiary/aromatic N) is 3. The van der Waals surface area contributed by atoms with Gasteiger partial charge in [-0.25, -0.2) is 0 Å². The Morgan fingerprint density at radius 3 is 2.71 bits per heavy atom. The molecule has 0 aliphatic carbocycles. The van der Waals surface area contributed by atoms with Crippen LogP contribution >= 0.6 is 15.9 Å². The third-order valence-corrected chi connectivity index (χ3v) is 4.95. The van der Waals surface area contributed by atoms with Crippen LogP contribution in [0.1, 0.15) is 25.3 Å². The highest BCUT2D eigenvalue weighted by Gasteiger charge is 2.24. The van der Waals surface area contributed by atoms with E-state index in [1.807, 2.05) is 18.2 Å². The van der Waals surface area contributed by atoms with Crippen molar-refractivity contribution in [3.05, 3.63) is 28.2 Å². The molecular formula is C15H23BrN4O. The molecule has 116 valence electrons. The van der Waals surface area contributed by atoms with Crippen molar-refractivity contribution >= 4 is 27.5 Å². The number of anilines is 1. The predicted molar refractivity (Wildman–Crippen MR) is 90.2 cm³/mol. The SMILES string of the molecule is CCN1CCC(N(C)c2cccc(Br)c2/C(N)=N/O)CC1. The number of oxime groups is 1. The summed E-state index contributed by atoms with van der Waals surface area (Å²) in [5.74, 6) is 0.135. The third kappa shape index (κ3) is 3.49. The van der Waals surface area contributed by atoms with Crippen molar-refractivity contribution < 1.29 is 5.21 Å². The molecule has 0 bridgehead atoms. The summed E-state index contributed by atoms with van der Waals surface area (Å²) in [5.41, 5.74) is 7.59. The molecule has 1 heterocycles. The van der Waals surface area contributed by atoms with Crippen molar-refractivity contribution in [3.8, 4) is 0 Å². The van der Waals surface area contributed by atoms with E-state index in [0.717, 1.165) is 48.2 Å². The first-order chi connectivity index (χ1) is 10.1. The molecule has 1 saturated heterocycles. The Bertz CT molecular complexity index is 512. The maximum atomic E-state index is 9.01. The summed E-state index contributed by atoms with van der Waals surface area (Å²) in [5, 5.41) is 12.2. The minimum absolute atomic E-state index is 0.135. The Hall–Kier alpha value is -1.27. The molecule has 0 atom stereocenters. The van der Waals surface area contributed by atoms with Gasteiger partial charge in [-0.15, -0.1) is 0 Å². The largest absolute Gasteiger partial charge is 0.409 e. The lowest BCUT2D eigenvalue weighted by Gasteiger charge is -2.38. The van der Waals surface area contributed by atoms with Gasteiger partial charge in [0.1, 0.15) is 0 Å². The van der Waals surface area contributed by atoms with Crippen LogP contribution in [0, 0.1) is 0 Å². The van der Waals surface area contributed by atoms with E-state index in [2.05, 4.69) is 44.9 Å². The molecular weight excluding hydrogens is 332 g/mol. The molecule has 0 radical (unpaired) electrons. The average Bonchev–Trinajstić information content (AvgIpc) is 2.53. The number of benzene rings is 1. The highest BCUT2D eigenvalue weighted by Crippen LogP contribution is 2.30. The first-order valence-corrected chi connectivity index (χ1v) is 8.09. The van der Waals surface area contributed by atoms with Crippen LogP contribution in [0.15, 0.2) is 27.8 Å². The maximum Gasteiger partial charge on any atom is 0.173 e. The first kappa shape index (κ1) is 16.1. The van der Waals surface area contributed by atoms with Crippen molar-refractivity contribution in [2.75, 3.05) is 31.6 Å². The number of hydrogen-bond donors (Lipinski definition) is 2. The van der Waals surface area contributed by atoms with E-state index in [4.69, 9.17) is 10.9 Å². The molecule has 3 N–H and O–H groups in total. The van der Waals surface area contributed by atoms with Crippen LogP contribution in [0.3, 0.4) is 0 Å². The zero-order chi connectivity index (χ0) is 15.4. The monoisotopic (exact) mass is 354 g/mol. The van der Waals surface area contributed by atoms with Crippen molar-refractivity contribution in [2.24, 2.45) is 10.9 Å². The lowest BCUT2D eigenvalue weighted by molar-refractivity contribution is 0.221. The quantitative estimate of drug-likeness (QED) is 0.377. The number of piperidine rings is 1. The topological polar surface area (TPSA) is 65.1 Å². The molecule has 2 rings (SSSR count). The summed E-state index contributed by atoms with van der Waals surface area (Å²) in [4.78, 5) is 4.72. The van der Waals surface area contributed by atoms with Gasteiger partial charge in [-0.2, -0.15) is 0 Å². The second-order valence-electron chi connectivity index (χ2n) is 5.40. The van der Waals surface area contributed by atoms with Gasteiger partial charge in [0.05, 0.1) is 5.56 Å². The molecule has 1 aromatic rings. The standard InChI is InChI=1S/C15H23BrN4O/c1-3-20-9-7-11(8-10-20)19(2)13-6-4-5-12(16)14(13)15(17)18-21/h4-6,11,21H,3,7-10H2,1-2H3,(H2,17,18). The molecule has 0 amide bonds. The normalized spacial score (nSPS) is 18.0. The first-order valence-electron chi connectivity index (χ1n) is 7.30. The van der Waals surface area contributed by atoms with E-state index in [1.54, 1.807) is 0 Å². The molecule has 21 heavy (non-hydrogen) atoms. The fourth-order valence-electron chi connectivity index (χ4n) is 2.93. The van der Waals surface area contributed by atoms with Crippen LogP contribution in [0.2, 0.25) is 0 Å². The van der Waals surface area contributed by atoms with Crippen molar-refractivity contribution in [1.82, 2.24) is 4.90 Å². The average molecular weight is 355 g/mol. The van der Waals surface area contributed by atoms with Gasteiger partial charge in [0.15, 0.2) is 5.84 Å². The van der Waals surface area contributed by atoms with Crippen LogP contribution in [-0.2, 0) is 0 Å². The maximum absolute atomic E-state index is 9.01. The number of nitrogens with two attached hydrogens (primary N) is 1. The number of halogens is 1.